The molecule has 0 saturated heterocycles. The van der Waals surface area contributed by atoms with Crippen molar-refractivity contribution in [2.24, 2.45) is 15.1 Å². The first-order valence-electron chi connectivity index (χ1n) is 10.0. The number of hydrogen-bond donors (Lipinski definition) is 2. The van der Waals surface area contributed by atoms with E-state index < -0.39 is 45.3 Å². The van der Waals surface area contributed by atoms with Crippen LogP contribution in [0.15, 0.2) is 39.8 Å². The number of nitrogens with one attached hydrogen (secondary N) is 1. The Morgan fingerprint density at radius 1 is 1.33 bits per heavy atom. The van der Waals surface area contributed by atoms with Gasteiger partial charge in [-0.2, -0.15) is 5.26 Å². The van der Waals surface area contributed by atoms with Gasteiger partial charge in [0.25, 0.3) is 5.91 Å². The number of aromatic nitrogens is 2. The fourth-order valence-electron chi connectivity index (χ4n) is 3.66. The van der Waals surface area contributed by atoms with Crippen LogP contribution < -0.4 is 11.1 Å². The number of nitrogens with zero attached hydrogens (tertiary/aromatic N) is 6. The van der Waals surface area contributed by atoms with Crippen molar-refractivity contribution in [3.05, 3.63) is 53.2 Å². The number of hydrogen-bond acceptors (Lipinski definition) is 8. The highest BCUT2D eigenvalue weighted by Gasteiger charge is 2.47. The molecule has 4 heterocycles. The first-order valence-corrected chi connectivity index (χ1v) is 11.7. The molecule has 4 rings (SSSR count). The number of carbonyl (C=O) groups excluding carboxylic acids is 1. The third-order valence-corrected chi connectivity index (χ3v) is 7.79. The average Bonchev–Trinajstić information content (AvgIpc) is 3.01. The van der Waals surface area contributed by atoms with Crippen molar-refractivity contribution in [1.82, 2.24) is 14.3 Å². The van der Waals surface area contributed by atoms with Crippen molar-refractivity contribution < 1.29 is 17.8 Å². The number of halogens is 2. The molecule has 0 saturated carbocycles. The minimum atomic E-state index is -3.16. The lowest BCUT2D eigenvalue weighted by molar-refractivity contribution is 0.102. The van der Waals surface area contributed by atoms with Gasteiger partial charge in [0.2, 0.25) is 5.96 Å². The Balaban J connectivity index is 1.71. The Morgan fingerprint density at radius 3 is 2.85 bits per heavy atom. The minimum absolute atomic E-state index is 0.00216. The van der Waals surface area contributed by atoms with Crippen LogP contribution in [0.4, 0.5) is 14.6 Å². The van der Waals surface area contributed by atoms with E-state index in [0.29, 0.717) is 25.9 Å². The van der Waals surface area contributed by atoms with E-state index in [1.165, 1.54) is 28.7 Å². The van der Waals surface area contributed by atoms with Crippen LogP contribution in [0.5, 0.6) is 0 Å². The van der Waals surface area contributed by atoms with Gasteiger partial charge in [-0.1, -0.05) is 0 Å². The Bertz CT molecular complexity index is 1280. The van der Waals surface area contributed by atoms with E-state index in [2.05, 4.69) is 24.6 Å². The highest BCUT2D eigenvalue weighted by molar-refractivity contribution is 7.92. The quantitative estimate of drug-likeness (QED) is 0.689. The molecule has 1 amide bonds. The second-order valence-corrected chi connectivity index (χ2v) is 9.77. The zero-order chi connectivity index (χ0) is 23.6. The van der Waals surface area contributed by atoms with Gasteiger partial charge in [0.05, 0.1) is 17.9 Å². The zero-order valence-electron chi connectivity index (χ0n) is 17.4. The number of fused-ring (bicyclic) bond motifs is 1. The summed E-state index contributed by atoms with van der Waals surface area (Å²) < 4.78 is 48.4. The van der Waals surface area contributed by atoms with Gasteiger partial charge < -0.3 is 11.1 Å². The Morgan fingerprint density at radius 2 is 2.15 bits per heavy atom. The molecule has 33 heavy (non-hydrogen) atoms. The van der Waals surface area contributed by atoms with E-state index in [-0.39, 0.29) is 23.0 Å². The van der Waals surface area contributed by atoms with E-state index in [0.717, 1.165) is 6.07 Å². The smallest absolute Gasteiger partial charge is 0.275 e. The molecule has 3 N–H and O–H groups in total. The van der Waals surface area contributed by atoms with Crippen LogP contribution in [-0.4, -0.2) is 55.9 Å². The number of rotatable bonds is 4. The predicted octanol–water partition coefficient (Wildman–Crippen LogP) is 1.71. The van der Waals surface area contributed by atoms with Gasteiger partial charge in [-0.15, -0.1) is 0 Å². The van der Waals surface area contributed by atoms with Gasteiger partial charge in [0.15, 0.2) is 5.54 Å². The van der Waals surface area contributed by atoms with Crippen molar-refractivity contribution in [3.63, 3.8) is 0 Å². The fourth-order valence-corrected chi connectivity index (χ4v) is 6.10. The molecule has 0 aromatic carbocycles. The summed E-state index contributed by atoms with van der Waals surface area (Å²) >= 11 is 0. The summed E-state index contributed by atoms with van der Waals surface area (Å²) in [5.74, 6) is -2.24. The SMILES string of the molecule is N#Cc1ccc(C(=O)Nc2ccc(F)c([C@]3(CF)C[S@@]4(=O)=NCCCCN4C(N)=N3)n2)nc1. The molecule has 13 heteroatoms. The van der Waals surface area contributed by atoms with Crippen LogP contribution in [0.1, 0.15) is 34.6 Å². The normalized spacial score (nSPS) is 24.5. The number of carbonyl (C=O) groups is 1. The lowest BCUT2D eigenvalue weighted by Gasteiger charge is -2.38. The number of amides is 1. The standard InChI is InChI=1S/C20H20F2N8O2S/c21-11-20(12-33(32)26-7-1-2-8-30(33)19(24)29-20)17-14(22)4-6-16(27-17)28-18(31)15-5-3-13(9-23)10-25-15/h3-6,10H,1-2,7-8,11-12H2,(H2,24,29)(H,27,28,31)/t20-,33+/m0/s1. The third kappa shape index (κ3) is 4.21. The summed E-state index contributed by atoms with van der Waals surface area (Å²) in [6, 6.07) is 6.87. The molecule has 172 valence electrons. The molecule has 0 fully saturated rings. The summed E-state index contributed by atoms with van der Waals surface area (Å²) in [5, 5.41) is 11.3. The summed E-state index contributed by atoms with van der Waals surface area (Å²) in [6.45, 7) is -0.551. The van der Waals surface area contributed by atoms with Crippen LogP contribution in [0.2, 0.25) is 0 Å². The van der Waals surface area contributed by atoms with E-state index in [9.17, 15) is 17.8 Å². The fraction of sp³-hybridized carbons (Fsp3) is 0.350. The largest absolute Gasteiger partial charge is 0.369 e. The number of guanidine groups is 1. The summed E-state index contributed by atoms with van der Waals surface area (Å²) in [5.41, 5.74) is 3.91. The lowest BCUT2D eigenvalue weighted by atomic mass is 9.98. The van der Waals surface area contributed by atoms with Gasteiger partial charge in [0.1, 0.15) is 45.7 Å². The van der Waals surface area contributed by atoms with Gasteiger partial charge in [-0.05, 0) is 37.1 Å². The topological polar surface area (TPSA) is 150 Å². The van der Waals surface area contributed by atoms with Gasteiger partial charge in [-0.25, -0.2) is 32.3 Å². The second kappa shape index (κ2) is 8.70. The third-order valence-electron chi connectivity index (χ3n) is 5.29. The van der Waals surface area contributed by atoms with E-state index in [1.807, 2.05) is 6.07 Å². The molecular formula is C20H20F2N8O2S. The minimum Gasteiger partial charge on any atom is -0.369 e. The van der Waals surface area contributed by atoms with Crippen LogP contribution in [0.3, 0.4) is 0 Å². The molecule has 2 aromatic rings. The molecule has 0 spiro atoms. The van der Waals surface area contributed by atoms with Crippen molar-refractivity contribution in [1.29, 1.82) is 5.26 Å². The molecule has 2 aromatic heterocycles. The number of anilines is 1. The Hall–Kier alpha value is -3.66. The zero-order valence-corrected chi connectivity index (χ0v) is 18.2. The van der Waals surface area contributed by atoms with Gasteiger partial charge >= 0.3 is 0 Å². The summed E-state index contributed by atoms with van der Waals surface area (Å²) in [4.78, 5) is 24.6. The molecule has 0 unspecified atom stereocenters. The predicted molar refractivity (Wildman–Crippen MR) is 117 cm³/mol. The van der Waals surface area contributed by atoms with Crippen molar-refractivity contribution in [2.45, 2.75) is 18.4 Å². The van der Waals surface area contributed by atoms with Gasteiger partial charge in [0, 0.05) is 12.7 Å². The maximum atomic E-state index is 14.9. The number of nitrogens with two attached hydrogens (primary N) is 1. The monoisotopic (exact) mass is 474 g/mol. The van der Waals surface area contributed by atoms with Crippen molar-refractivity contribution >= 4 is 27.6 Å². The number of pyridine rings is 2. The molecule has 2 atom stereocenters. The lowest BCUT2D eigenvalue weighted by Crippen LogP contribution is -2.54. The Kier molecular flexibility index (Phi) is 5.94. The highest BCUT2D eigenvalue weighted by Crippen LogP contribution is 2.36. The van der Waals surface area contributed by atoms with Crippen molar-refractivity contribution in [3.8, 4) is 6.07 Å². The second-order valence-electron chi connectivity index (χ2n) is 7.57. The number of aliphatic imine (C=N–C) groups is 1. The van der Waals surface area contributed by atoms with Crippen LogP contribution in [-0.2, 0) is 15.5 Å². The molecular weight excluding hydrogens is 454 g/mol. The maximum absolute atomic E-state index is 14.9. The van der Waals surface area contributed by atoms with Crippen LogP contribution in [0.25, 0.3) is 0 Å². The first kappa shape index (κ1) is 22.5. The van der Waals surface area contributed by atoms with Crippen LogP contribution >= 0.6 is 0 Å². The number of nitriles is 1. The van der Waals surface area contributed by atoms with E-state index in [4.69, 9.17) is 11.0 Å². The maximum Gasteiger partial charge on any atom is 0.275 e. The van der Waals surface area contributed by atoms with Crippen LogP contribution in [0, 0.1) is 17.1 Å². The number of alkyl halides is 1. The van der Waals surface area contributed by atoms with E-state index in [1.54, 1.807) is 0 Å². The Labute approximate surface area is 188 Å². The summed E-state index contributed by atoms with van der Waals surface area (Å²) in [6.07, 6.45) is 2.62. The molecule has 0 radical (unpaired) electrons. The van der Waals surface area contributed by atoms with Crippen molar-refractivity contribution in [2.75, 3.05) is 30.8 Å². The molecule has 0 bridgehead atoms. The van der Waals surface area contributed by atoms with E-state index >= 15 is 0 Å². The molecule has 10 nitrogen and oxygen atoms in total. The summed E-state index contributed by atoms with van der Waals surface area (Å²) in [7, 11) is -3.16. The highest BCUT2D eigenvalue weighted by atomic mass is 32.2. The molecule has 0 aliphatic carbocycles. The molecule has 2 aliphatic rings. The first-order chi connectivity index (χ1) is 15.8. The average molecular weight is 474 g/mol. The molecule has 2 aliphatic heterocycles. The van der Waals surface area contributed by atoms with Gasteiger partial charge in [-0.3, -0.25) is 9.10 Å².